The molecule has 3 heterocycles. The molecule has 7 nitrogen and oxygen atoms in total. The summed E-state index contributed by atoms with van der Waals surface area (Å²) in [4.78, 5) is 40.5. The first kappa shape index (κ1) is 31.3. The third-order valence-electron chi connectivity index (χ3n) is 9.63. The molecular weight excluding hydrogens is 554 g/mol. The Morgan fingerprint density at radius 3 is 2.35 bits per heavy atom. The van der Waals surface area contributed by atoms with E-state index in [1.165, 1.54) is 36.7 Å². The first-order chi connectivity index (χ1) is 20.9. The Morgan fingerprint density at radius 1 is 1.00 bits per heavy atom. The number of hydrogen-bond donors (Lipinski definition) is 1. The zero-order valence-electron chi connectivity index (χ0n) is 26.0. The summed E-state index contributed by atoms with van der Waals surface area (Å²) < 4.78 is 0. The molecule has 8 heteroatoms. The fraction of sp³-hybridized carbons (Fsp3) is 0.543. The molecule has 2 aromatic heterocycles. The van der Waals surface area contributed by atoms with Crippen LogP contribution < -0.4 is 5.32 Å². The van der Waals surface area contributed by atoms with Crippen molar-refractivity contribution < 1.29 is 9.59 Å². The van der Waals surface area contributed by atoms with Crippen LogP contribution in [0.25, 0.3) is 0 Å². The van der Waals surface area contributed by atoms with Crippen LogP contribution in [0, 0.1) is 19.8 Å². The number of rotatable bonds is 11. The van der Waals surface area contributed by atoms with Crippen molar-refractivity contribution >= 4 is 23.2 Å². The van der Waals surface area contributed by atoms with Gasteiger partial charge in [-0.05, 0) is 86.7 Å². The summed E-state index contributed by atoms with van der Waals surface area (Å²) >= 11 is 1.70. The summed E-state index contributed by atoms with van der Waals surface area (Å²) in [6.45, 7) is 9.15. The van der Waals surface area contributed by atoms with Crippen molar-refractivity contribution in [1.29, 1.82) is 0 Å². The second-order valence-corrected chi connectivity index (χ2v) is 13.2. The summed E-state index contributed by atoms with van der Waals surface area (Å²) in [5.74, 6) is 0.561. The molecule has 43 heavy (non-hydrogen) atoms. The minimum atomic E-state index is -0.102. The van der Waals surface area contributed by atoms with Crippen LogP contribution in [0.1, 0.15) is 97.1 Å². The van der Waals surface area contributed by atoms with Gasteiger partial charge in [-0.1, -0.05) is 49.6 Å². The maximum atomic E-state index is 14.6. The molecule has 1 saturated heterocycles. The molecule has 2 fully saturated rings. The Morgan fingerprint density at radius 2 is 1.70 bits per heavy atom. The van der Waals surface area contributed by atoms with Gasteiger partial charge in [0.05, 0.1) is 22.9 Å². The van der Waals surface area contributed by atoms with Crippen LogP contribution in [0.3, 0.4) is 0 Å². The van der Waals surface area contributed by atoms with Gasteiger partial charge in [-0.2, -0.15) is 11.3 Å². The molecule has 1 aliphatic carbocycles. The molecule has 1 aliphatic heterocycles. The van der Waals surface area contributed by atoms with Gasteiger partial charge in [-0.3, -0.25) is 9.59 Å². The Balaban J connectivity index is 1.22. The van der Waals surface area contributed by atoms with E-state index in [2.05, 4.69) is 79.2 Å². The summed E-state index contributed by atoms with van der Waals surface area (Å²) in [6, 6.07) is 13.3. The molecule has 2 aliphatic rings. The maximum absolute atomic E-state index is 14.6. The van der Waals surface area contributed by atoms with Crippen LogP contribution in [0.5, 0.6) is 0 Å². The third kappa shape index (κ3) is 7.90. The monoisotopic (exact) mass is 601 g/mol. The number of amides is 2. The van der Waals surface area contributed by atoms with Gasteiger partial charge < -0.3 is 15.1 Å². The van der Waals surface area contributed by atoms with Crippen LogP contribution in [-0.2, 0) is 11.3 Å². The number of thiophene rings is 1. The highest BCUT2D eigenvalue weighted by atomic mass is 32.1. The number of benzene rings is 1. The number of nitrogens with one attached hydrogen (secondary N) is 1. The Hall–Kier alpha value is -3.10. The van der Waals surface area contributed by atoms with Crippen LogP contribution in [0.4, 0.5) is 0 Å². The minimum absolute atomic E-state index is 0.0667. The summed E-state index contributed by atoms with van der Waals surface area (Å²) in [5.41, 5.74) is 4.40. The van der Waals surface area contributed by atoms with Crippen molar-refractivity contribution in [2.24, 2.45) is 5.92 Å². The van der Waals surface area contributed by atoms with E-state index in [1.54, 1.807) is 11.3 Å². The number of nitrogens with zero attached hydrogens (tertiary/aromatic N) is 4. The molecule has 1 N–H and O–H groups in total. The molecule has 5 rings (SSSR count). The van der Waals surface area contributed by atoms with E-state index >= 15 is 0 Å². The van der Waals surface area contributed by atoms with Crippen molar-refractivity contribution in [3.05, 3.63) is 81.6 Å². The number of hydrogen-bond acceptors (Lipinski definition) is 6. The van der Waals surface area contributed by atoms with E-state index in [4.69, 9.17) is 0 Å². The SMILES string of the molecule is Cc1ncnc(C)c1C(=O)NCCC(C)N1CCC(N(Cc2ccsc2)C(=O)C(c2ccccc2)C2CCCCC2)CC1. The van der Waals surface area contributed by atoms with Crippen LogP contribution in [0.2, 0.25) is 0 Å². The number of carbonyl (C=O) groups is 2. The van der Waals surface area contributed by atoms with Gasteiger partial charge >= 0.3 is 0 Å². The molecule has 1 aromatic carbocycles. The van der Waals surface area contributed by atoms with Gasteiger partial charge in [0.2, 0.25) is 5.91 Å². The van der Waals surface area contributed by atoms with Crippen molar-refractivity contribution in [3.8, 4) is 0 Å². The number of piperidine rings is 1. The summed E-state index contributed by atoms with van der Waals surface area (Å²) in [7, 11) is 0. The van der Waals surface area contributed by atoms with Gasteiger partial charge in [0.1, 0.15) is 6.33 Å². The molecule has 2 amide bonds. The lowest BCUT2D eigenvalue weighted by atomic mass is 9.75. The molecular formula is C35H47N5O2S. The van der Waals surface area contributed by atoms with E-state index in [-0.39, 0.29) is 17.9 Å². The lowest BCUT2D eigenvalue weighted by molar-refractivity contribution is -0.138. The standard InChI is InChI=1S/C35H47N5O2S/c1-25(14-18-36-34(41)32-26(2)37-24-38-27(32)3)39-19-15-31(16-20-39)40(22-28-17-21-43-23-28)35(42)33(29-10-6-4-7-11-29)30-12-8-5-9-13-30/h4,6-7,10-11,17,21,23-25,30-31,33H,5,8-9,12-16,18-20,22H2,1-3H3,(H,36,41). The van der Waals surface area contributed by atoms with Crippen LogP contribution in [0.15, 0.2) is 53.5 Å². The second kappa shape index (κ2) is 15.1. The lowest BCUT2D eigenvalue weighted by Gasteiger charge is -2.43. The predicted octanol–water partition coefficient (Wildman–Crippen LogP) is 6.52. The van der Waals surface area contributed by atoms with Crippen molar-refractivity contribution in [3.63, 3.8) is 0 Å². The van der Waals surface area contributed by atoms with Gasteiger partial charge in [0.25, 0.3) is 5.91 Å². The van der Waals surface area contributed by atoms with Crippen molar-refractivity contribution in [2.45, 2.75) is 96.7 Å². The summed E-state index contributed by atoms with van der Waals surface area (Å²) in [6.07, 6.45) is 10.3. The molecule has 0 radical (unpaired) electrons. The third-order valence-corrected chi connectivity index (χ3v) is 10.4. The fourth-order valence-electron chi connectivity index (χ4n) is 7.11. The van der Waals surface area contributed by atoms with Gasteiger partial charge in [-0.25, -0.2) is 9.97 Å². The van der Waals surface area contributed by atoms with Gasteiger partial charge in [0, 0.05) is 38.3 Å². The zero-order chi connectivity index (χ0) is 30.2. The zero-order valence-corrected chi connectivity index (χ0v) is 26.8. The number of aryl methyl sites for hydroxylation is 2. The highest BCUT2D eigenvalue weighted by molar-refractivity contribution is 7.07. The Bertz CT molecular complexity index is 1300. The molecule has 1 saturated carbocycles. The number of likely N-dealkylation sites (tertiary alicyclic amines) is 1. The highest BCUT2D eigenvalue weighted by Crippen LogP contribution is 2.38. The number of carbonyl (C=O) groups excluding carboxylic acids is 2. The minimum Gasteiger partial charge on any atom is -0.352 e. The molecule has 3 aromatic rings. The van der Waals surface area contributed by atoms with E-state index in [1.807, 2.05) is 13.8 Å². The quantitative estimate of drug-likeness (QED) is 0.271. The average Bonchev–Trinajstić information content (AvgIpc) is 3.54. The Labute approximate surface area is 261 Å². The normalized spacial score (nSPS) is 18.2. The molecule has 0 spiro atoms. The largest absolute Gasteiger partial charge is 0.352 e. The molecule has 2 atom stereocenters. The first-order valence-electron chi connectivity index (χ1n) is 16.1. The van der Waals surface area contributed by atoms with Gasteiger partial charge in [-0.15, -0.1) is 0 Å². The number of aromatic nitrogens is 2. The van der Waals surface area contributed by atoms with Crippen LogP contribution >= 0.6 is 11.3 Å². The second-order valence-electron chi connectivity index (χ2n) is 12.5. The van der Waals surface area contributed by atoms with E-state index < -0.39 is 0 Å². The van der Waals surface area contributed by atoms with Crippen molar-refractivity contribution in [1.82, 2.24) is 25.1 Å². The summed E-state index contributed by atoms with van der Waals surface area (Å²) in [5, 5.41) is 7.38. The molecule has 0 bridgehead atoms. The lowest BCUT2D eigenvalue weighted by Crippen LogP contribution is -2.51. The fourth-order valence-corrected chi connectivity index (χ4v) is 7.77. The first-order valence-corrected chi connectivity index (χ1v) is 17.0. The molecule has 230 valence electrons. The predicted molar refractivity (Wildman–Crippen MR) is 173 cm³/mol. The van der Waals surface area contributed by atoms with Crippen LogP contribution in [-0.4, -0.2) is 63.3 Å². The maximum Gasteiger partial charge on any atom is 0.254 e. The molecule has 2 unspecified atom stereocenters. The van der Waals surface area contributed by atoms with Crippen molar-refractivity contribution in [2.75, 3.05) is 19.6 Å². The van der Waals surface area contributed by atoms with E-state index in [0.717, 1.165) is 45.2 Å². The topological polar surface area (TPSA) is 78.4 Å². The highest BCUT2D eigenvalue weighted by Gasteiger charge is 2.37. The average molecular weight is 602 g/mol. The van der Waals surface area contributed by atoms with Gasteiger partial charge in [0.15, 0.2) is 0 Å². The van der Waals surface area contributed by atoms with E-state index in [9.17, 15) is 9.59 Å². The smallest absolute Gasteiger partial charge is 0.254 e. The van der Waals surface area contributed by atoms with E-state index in [0.29, 0.717) is 47.9 Å². The Kier molecular flexibility index (Phi) is 11.0.